The van der Waals surface area contributed by atoms with E-state index in [1.807, 2.05) is 7.05 Å². The summed E-state index contributed by atoms with van der Waals surface area (Å²) in [6, 6.07) is 0.275. The highest BCUT2D eigenvalue weighted by Crippen LogP contribution is 2.36. The lowest BCUT2D eigenvalue weighted by atomic mass is 9.99. The number of hydrogen-bond acceptors (Lipinski definition) is 5. The second-order valence-corrected chi connectivity index (χ2v) is 5.43. The van der Waals surface area contributed by atoms with Crippen molar-refractivity contribution < 1.29 is 9.84 Å². The van der Waals surface area contributed by atoms with E-state index in [1.165, 1.54) is 0 Å². The maximum atomic E-state index is 9.93. The number of nitrogens with zero attached hydrogens (tertiary/aromatic N) is 1. The zero-order valence-corrected chi connectivity index (χ0v) is 10.7. The second-order valence-electron chi connectivity index (χ2n) is 4.35. The van der Waals surface area contributed by atoms with Gasteiger partial charge in [0.15, 0.2) is 5.17 Å². The summed E-state index contributed by atoms with van der Waals surface area (Å²) < 4.78 is 5.92. The summed E-state index contributed by atoms with van der Waals surface area (Å²) in [7, 11) is 1.88. The van der Waals surface area contributed by atoms with Gasteiger partial charge in [-0.15, -0.1) is 0 Å². The Labute approximate surface area is 101 Å². The fourth-order valence-electron chi connectivity index (χ4n) is 2.21. The van der Waals surface area contributed by atoms with Crippen LogP contribution >= 0.6 is 11.8 Å². The molecule has 2 heterocycles. The molecule has 1 saturated heterocycles. The molecule has 4 atom stereocenters. The van der Waals surface area contributed by atoms with Crippen LogP contribution in [0.5, 0.6) is 0 Å². The Morgan fingerprint density at radius 1 is 1.62 bits per heavy atom. The zero-order valence-electron chi connectivity index (χ0n) is 9.85. The SMILES string of the molecule is CCC[C@@H](O)[C@H]1CC[C@H]2N=C(NC)S[C@H]2O1. The first-order chi connectivity index (χ1) is 7.74. The van der Waals surface area contributed by atoms with Gasteiger partial charge in [0.05, 0.1) is 18.2 Å². The average molecular weight is 244 g/mol. The number of aliphatic hydroxyl groups excluding tert-OH is 1. The number of aliphatic hydroxyl groups is 1. The van der Waals surface area contributed by atoms with Crippen LogP contribution in [0, 0.1) is 0 Å². The van der Waals surface area contributed by atoms with E-state index in [-0.39, 0.29) is 23.7 Å². The number of thioether (sulfide) groups is 1. The van der Waals surface area contributed by atoms with E-state index in [2.05, 4.69) is 17.2 Å². The molecule has 0 aliphatic carbocycles. The number of amidine groups is 1. The van der Waals surface area contributed by atoms with Crippen molar-refractivity contribution in [1.29, 1.82) is 0 Å². The summed E-state index contributed by atoms with van der Waals surface area (Å²) in [5.41, 5.74) is 0.104. The lowest BCUT2D eigenvalue weighted by Gasteiger charge is -2.33. The van der Waals surface area contributed by atoms with Crippen LogP contribution in [0.25, 0.3) is 0 Å². The molecule has 5 heteroatoms. The smallest absolute Gasteiger partial charge is 0.159 e. The monoisotopic (exact) mass is 244 g/mol. The molecule has 0 saturated carbocycles. The summed E-state index contributed by atoms with van der Waals surface area (Å²) in [5.74, 6) is 0. The fraction of sp³-hybridized carbons (Fsp3) is 0.909. The average Bonchev–Trinajstić information content (AvgIpc) is 2.70. The first-order valence-electron chi connectivity index (χ1n) is 6.00. The molecule has 16 heavy (non-hydrogen) atoms. The molecule has 4 nitrogen and oxygen atoms in total. The molecule has 2 aliphatic rings. The maximum absolute atomic E-state index is 9.93. The molecule has 2 aliphatic heterocycles. The molecule has 0 bridgehead atoms. The quantitative estimate of drug-likeness (QED) is 0.787. The number of fused-ring (bicyclic) bond motifs is 1. The highest BCUT2D eigenvalue weighted by Gasteiger charge is 2.38. The van der Waals surface area contributed by atoms with Crippen LogP contribution in [0.2, 0.25) is 0 Å². The van der Waals surface area contributed by atoms with Gasteiger partial charge in [-0.3, -0.25) is 4.99 Å². The lowest BCUT2D eigenvalue weighted by molar-refractivity contribution is -0.0815. The molecule has 0 spiro atoms. The highest BCUT2D eigenvalue weighted by molar-refractivity contribution is 8.14. The first-order valence-corrected chi connectivity index (χ1v) is 6.88. The number of hydrogen-bond donors (Lipinski definition) is 2. The van der Waals surface area contributed by atoms with Gasteiger partial charge in [0.1, 0.15) is 5.44 Å². The van der Waals surface area contributed by atoms with Crippen LogP contribution in [0.4, 0.5) is 0 Å². The Morgan fingerprint density at radius 3 is 3.12 bits per heavy atom. The Kier molecular flexibility index (Phi) is 4.10. The molecular weight excluding hydrogens is 224 g/mol. The van der Waals surface area contributed by atoms with Crippen molar-refractivity contribution in [3.8, 4) is 0 Å². The minimum Gasteiger partial charge on any atom is -0.390 e. The van der Waals surface area contributed by atoms with E-state index in [0.717, 1.165) is 30.9 Å². The topological polar surface area (TPSA) is 53.9 Å². The van der Waals surface area contributed by atoms with E-state index in [0.29, 0.717) is 0 Å². The summed E-state index contributed by atoms with van der Waals surface area (Å²) in [5, 5.41) is 13.9. The molecule has 2 N–H and O–H groups in total. The third-order valence-corrected chi connectivity index (χ3v) is 4.30. The van der Waals surface area contributed by atoms with Gasteiger partial charge in [-0.25, -0.2) is 0 Å². The number of aliphatic imine (C=N–C) groups is 1. The van der Waals surface area contributed by atoms with Gasteiger partial charge >= 0.3 is 0 Å². The predicted octanol–water partition coefficient (Wildman–Crippen LogP) is 1.34. The van der Waals surface area contributed by atoms with Crippen LogP contribution in [-0.2, 0) is 4.74 Å². The third kappa shape index (κ3) is 2.52. The van der Waals surface area contributed by atoms with Crippen LogP contribution in [-0.4, -0.2) is 41.0 Å². The molecule has 0 unspecified atom stereocenters. The summed E-state index contributed by atoms with van der Waals surface area (Å²) in [6.07, 6.45) is 3.45. The van der Waals surface area contributed by atoms with Gasteiger partial charge in [-0.2, -0.15) is 0 Å². The van der Waals surface area contributed by atoms with E-state index >= 15 is 0 Å². The van der Waals surface area contributed by atoms with Crippen molar-refractivity contribution in [3.63, 3.8) is 0 Å². The lowest BCUT2D eigenvalue weighted by Crippen LogP contribution is -2.40. The van der Waals surface area contributed by atoms with Crippen LogP contribution < -0.4 is 5.32 Å². The molecule has 0 radical (unpaired) electrons. The van der Waals surface area contributed by atoms with Crippen molar-refractivity contribution in [2.75, 3.05) is 7.05 Å². The van der Waals surface area contributed by atoms with Crippen molar-refractivity contribution in [1.82, 2.24) is 5.32 Å². The number of rotatable bonds is 3. The molecule has 2 rings (SSSR count). The third-order valence-electron chi connectivity index (χ3n) is 3.11. The molecule has 0 aromatic carbocycles. The van der Waals surface area contributed by atoms with Crippen LogP contribution in [0.1, 0.15) is 32.6 Å². The van der Waals surface area contributed by atoms with Gasteiger partial charge in [0.2, 0.25) is 0 Å². The van der Waals surface area contributed by atoms with Crippen LogP contribution in [0.15, 0.2) is 4.99 Å². The van der Waals surface area contributed by atoms with Crippen molar-refractivity contribution in [2.45, 2.75) is 56.3 Å². The summed E-state index contributed by atoms with van der Waals surface area (Å²) in [4.78, 5) is 4.53. The normalized spacial score (nSPS) is 35.4. The first kappa shape index (κ1) is 12.2. The van der Waals surface area contributed by atoms with Gasteiger partial charge < -0.3 is 15.2 Å². The van der Waals surface area contributed by atoms with Gasteiger partial charge in [-0.1, -0.05) is 25.1 Å². The fourth-order valence-corrected chi connectivity index (χ4v) is 3.30. The van der Waals surface area contributed by atoms with E-state index in [9.17, 15) is 5.11 Å². The van der Waals surface area contributed by atoms with Crippen molar-refractivity contribution in [3.05, 3.63) is 0 Å². The molecular formula is C11H20N2O2S. The second kappa shape index (κ2) is 5.38. The highest BCUT2D eigenvalue weighted by atomic mass is 32.2. The summed E-state index contributed by atoms with van der Waals surface area (Å²) >= 11 is 1.64. The van der Waals surface area contributed by atoms with Gasteiger partial charge in [0, 0.05) is 7.05 Å². The molecule has 0 aromatic heterocycles. The van der Waals surface area contributed by atoms with E-state index in [4.69, 9.17) is 4.74 Å². The maximum Gasteiger partial charge on any atom is 0.159 e. The predicted molar refractivity (Wildman–Crippen MR) is 66.7 cm³/mol. The van der Waals surface area contributed by atoms with Crippen LogP contribution in [0.3, 0.4) is 0 Å². The Balaban J connectivity index is 1.88. The van der Waals surface area contributed by atoms with Crippen molar-refractivity contribution >= 4 is 16.9 Å². The van der Waals surface area contributed by atoms with E-state index < -0.39 is 0 Å². The molecule has 0 amide bonds. The largest absolute Gasteiger partial charge is 0.390 e. The molecule has 92 valence electrons. The summed E-state index contributed by atoms with van der Waals surface area (Å²) in [6.45, 7) is 2.08. The number of ether oxygens (including phenoxy) is 1. The van der Waals surface area contributed by atoms with Gasteiger partial charge in [-0.05, 0) is 19.3 Å². The Bertz CT molecular complexity index is 273. The minimum atomic E-state index is -0.315. The Hall–Kier alpha value is -0.260. The zero-order chi connectivity index (χ0) is 11.5. The minimum absolute atomic E-state index is 0.0000983. The molecule has 1 fully saturated rings. The molecule has 0 aromatic rings. The standard InChI is InChI=1S/C11H20N2O2S/c1-3-4-8(14)9-6-5-7-10(15-9)16-11(12-2)13-7/h7-10,14H,3-6H2,1-2H3,(H,12,13)/t7-,8-,9-,10-/m1/s1. The number of nitrogens with one attached hydrogen (secondary N) is 1. The Morgan fingerprint density at radius 2 is 2.44 bits per heavy atom. The van der Waals surface area contributed by atoms with Gasteiger partial charge in [0.25, 0.3) is 0 Å². The van der Waals surface area contributed by atoms with E-state index in [1.54, 1.807) is 11.8 Å². The van der Waals surface area contributed by atoms with Crippen molar-refractivity contribution in [2.24, 2.45) is 4.99 Å².